The molecule has 4 heteroatoms. The Morgan fingerprint density at radius 2 is 2.00 bits per heavy atom. The summed E-state index contributed by atoms with van der Waals surface area (Å²) in [5.41, 5.74) is -1.32. The number of hydrogen-bond donors (Lipinski definition) is 2. The van der Waals surface area contributed by atoms with Crippen LogP contribution in [0.1, 0.15) is 12.8 Å². The third-order valence-electron chi connectivity index (χ3n) is 1.58. The van der Waals surface area contributed by atoms with Gasteiger partial charge in [0.25, 0.3) is 11.7 Å². The molecular weight excluding hydrogens is 134 g/mol. The highest BCUT2D eigenvalue weighted by molar-refractivity contribution is 6.39. The standard InChI is InChI=1S/C6H9NO3/c1-7-5(9)4(8)6(10)2-3-6/h10H,2-3H2,1H3,(H,7,9). The van der Waals surface area contributed by atoms with Crippen molar-refractivity contribution in [1.29, 1.82) is 0 Å². The summed E-state index contributed by atoms with van der Waals surface area (Å²) in [6.45, 7) is 0. The van der Waals surface area contributed by atoms with Crippen LogP contribution in [0.5, 0.6) is 0 Å². The Balaban J connectivity index is 2.57. The van der Waals surface area contributed by atoms with E-state index in [1.54, 1.807) is 0 Å². The molecule has 1 fully saturated rings. The van der Waals surface area contributed by atoms with Crippen LogP contribution in [0.3, 0.4) is 0 Å². The molecule has 1 rings (SSSR count). The van der Waals surface area contributed by atoms with Crippen LogP contribution in [0, 0.1) is 0 Å². The Labute approximate surface area is 58.2 Å². The molecule has 56 valence electrons. The minimum atomic E-state index is -1.32. The van der Waals surface area contributed by atoms with Crippen molar-refractivity contribution < 1.29 is 14.7 Å². The molecule has 1 amide bonds. The van der Waals surface area contributed by atoms with E-state index in [1.807, 2.05) is 0 Å². The number of aliphatic hydroxyl groups is 1. The molecule has 0 spiro atoms. The number of ketones is 1. The molecule has 0 bridgehead atoms. The summed E-state index contributed by atoms with van der Waals surface area (Å²) in [7, 11) is 1.37. The number of rotatable bonds is 2. The van der Waals surface area contributed by atoms with E-state index in [1.165, 1.54) is 7.05 Å². The van der Waals surface area contributed by atoms with E-state index >= 15 is 0 Å². The Hall–Kier alpha value is -0.900. The Morgan fingerprint density at radius 1 is 1.50 bits per heavy atom. The second-order valence-electron chi connectivity index (χ2n) is 2.44. The zero-order chi connectivity index (χ0) is 7.78. The normalized spacial score (nSPS) is 19.8. The van der Waals surface area contributed by atoms with Crippen LogP contribution in [0.25, 0.3) is 0 Å². The maximum absolute atomic E-state index is 10.8. The minimum Gasteiger partial charge on any atom is -0.381 e. The molecule has 10 heavy (non-hydrogen) atoms. The van der Waals surface area contributed by atoms with Gasteiger partial charge < -0.3 is 10.4 Å². The second-order valence-corrected chi connectivity index (χ2v) is 2.44. The van der Waals surface area contributed by atoms with Crippen molar-refractivity contribution >= 4 is 11.7 Å². The maximum atomic E-state index is 10.8. The smallest absolute Gasteiger partial charge is 0.290 e. The van der Waals surface area contributed by atoms with Gasteiger partial charge in [-0.15, -0.1) is 0 Å². The lowest BCUT2D eigenvalue weighted by atomic mass is 10.2. The fourth-order valence-electron chi connectivity index (χ4n) is 0.670. The predicted octanol–water partition coefficient (Wildman–Crippen LogP) is -1.17. The highest BCUT2D eigenvalue weighted by Gasteiger charge is 2.50. The molecule has 4 nitrogen and oxygen atoms in total. The first-order chi connectivity index (χ1) is 4.60. The summed E-state index contributed by atoms with van der Waals surface area (Å²) >= 11 is 0. The predicted molar refractivity (Wildman–Crippen MR) is 33.3 cm³/mol. The molecule has 0 radical (unpaired) electrons. The molecule has 0 aliphatic heterocycles. The van der Waals surface area contributed by atoms with Crippen molar-refractivity contribution in [3.63, 3.8) is 0 Å². The molecule has 1 saturated carbocycles. The van der Waals surface area contributed by atoms with E-state index in [-0.39, 0.29) is 0 Å². The van der Waals surface area contributed by atoms with Crippen LogP contribution in [0.15, 0.2) is 0 Å². The molecule has 0 heterocycles. The number of carbonyl (C=O) groups excluding carboxylic acids is 2. The van der Waals surface area contributed by atoms with Crippen molar-refractivity contribution in [1.82, 2.24) is 5.32 Å². The molecule has 0 aromatic heterocycles. The molecule has 1 aliphatic carbocycles. The largest absolute Gasteiger partial charge is 0.381 e. The van der Waals surface area contributed by atoms with Gasteiger partial charge in [-0.2, -0.15) is 0 Å². The molecule has 0 unspecified atom stereocenters. The SMILES string of the molecule is CNC(=O)C(=O)C1(O)CC1. The molecule has 0 saturated heterocycles. The van der Waals surface area contributed by atoms with Gasteiger partial charge >= 0.3 is 0 Å². The molecule has 1 aliphatic rings. The van der Waals surface area contributed by atoms with E-state index in [2.05, 4.69) is 5.32 Å². The van der Waals surface area contributed by atoms with Crippen LogP contribution in [0.4, 0.5) is 0 Å². The molecular formula is C6H9NO3. The van der Waals surface area contributed by atoms with Crippen LogP contribution in [-0.4, -0.2) is 29.4 Å². The minimum absolute atomic E-state index is 0.416. The van der Waals surface area contributed by atoms with Crippen LogP contribution < -0.4 is 5.32 Å². The van der Waals surface area contributed by atoms with Crippen molar-refractivity contribution in [2.75, 3.05) is 7.05 Å². The lowest BCUT2D eigenvalue weighted by molar-refractivity contribution is -0.143. The quantitative estimate of drug-likeness (QED) is 0.478. The topological polar surface area (TPSA) is 66.4 Å². The summed E-state index contributed by atoms with van der Waals surface area (Å²) in [6, 6.07) is 0. The summed E-state index contributed by atoms with van der Waals surface area (Å²) in [6.07, 6.45) is 0.832. The van der Waals surface area contributed by atoms with Crippen LogP contribution >= 0.6 is 0 Å². The maximum Gasteiger partial charge on any atom is 0.290 e. The van der Waals surface area contributed by atoms with Crippen molar-refractivity contribution in [2.24, 2.45) is 0 Å². The summed E-state index contributed by atoms with van der Waals surface area (Å²) in [5.74, 6) is -1.42. The van der Waals surface area contributed by atoms with Gasteiger partial charge in [0.1, 0.15) is 5.60 Å². The highest BCUT2D eigenvalue weighted by atomic mass is 16.3. The Morgan fingerprint density at radius 3 is 2.30 bits per heavy atom. The van der Waals surface area contributed by atoms with E-state index < -0.39 is 17.3 Å². The molecule has 0 aromatic rings. The fraction of sp³-hybridized carbons (Fsp3) is 0.667. The second kappa shape index (κ2) is 2.05. The first-order valence-electron chi connectivity index (χ1n) is 3.09. The van der Waals surface area contributed by atoms with Crippen molar-refractivity contribution in [2.45, 2.75) is 18.4 Å². The first kappa shape index (κ1) is 7.21. The third kappa shape index (κ3) is 1.02. The van der Waals surface area contributed by atoms with Gasteiger partial charge in [-0.05, 0) is 12.8 Å². The van der Waals surface area contributed by atoms with Gasteiger partial charge in [0, 0.05) is 7.05 Å². The first-order valence-corrected chi connectivity index (χ1v) is 3.09. The number of Topliss-reactive ketones (excluding diaryl/α,β-unsaturated/α-hetero) is 1. The average molecular weight is 143 g/mol. The number of nitrogens with one attached hydrogen (secondary N) is 1. The van der Waals surface area contributed by atoms with E-state index in [9.17, 15) is 9.59 Å². The summed E-state index contributed by atoms with van der Waals surface area (Å²) in [5, 5.41) is 11.3. The Bertz CT molecular complexity index is 183. The number of carbonyl (C=O) groups is 2. The lowest BCUT2D eigenvalue weighted by Crippen LogP contribution is -2.37. The molecule has 2 N–H and O–H groups in total. The number of amides is 1. The van der Waals surface area contributed by atoms with Gasteiger partial charge in [0.2, 0.25) is 0 Å². The zero-order valence-corrected chi connectivity index (χ0v) is 5.68. The van der Waals surface area contributed by atoms with Crippen LogP contribution in [0.2, 0.25) is 0 Å². The van der Waals surface area contributed by atoms with Gasteiger partial charge in [0.05, 0.1) is 0 Å². The monoisotopic (exact) mass is 143 g/mol. The highest BCUT2D eigenvalue weighted by Crippen LogP contribution is 2.35. The molecule has 0 atom stereocenters. The molecule has 0 aromatic carbocycles. The summed E-state index contributed by atoms with van der Waals surface area (Å²) < 4.78 is 0. The van der Waals surface area contributed by atoms with Gasteiger partial charge in [-0.3, -0.25) is 9.59 Å². The fourth-order valence-corrected chi connectivity index (χ4v) is 0.670. The van der Waals surface area contributed by atoms with Crippen LogP contribution in [-0.2, 0) is 9.59 Å². The van der Waals surface area contributed by atoms with Gasteiger partial charge in [-0.1, -0.05) is 0 Å². The number of hydrogen-bond acceptors (Lipinski definition) is 3. The zero-order valence-electron chi connectivity index (χ0n) is 5.68. The van der Waals surface area contributed by atoms with E-state index in [0.717, 1.165) is 0 Å². The Kier molecular flexibility index (Phi) is 1.48. The van der Waals surface area contributed by atoms with Crippen molar-refractivity contribution in [3.8, 4) is 0 Å². The summed E-state index contributed by atoms with van der Waals surface area (Å²) in [4.78, 5) is 21.4. The third-order valence-corrected chi connectivity index (χ3v) is 1.58. The van der Waals surface area contributed by atoms with E-state index in [4.69, 9.17) is 5.11 Å². The van der Waals surface area contributed by atoms with E-state index in [0.29, 0.717) is 12.8 Å². The number of likely N-dealkylation sites (N-methyl/N-ethyl adjacent to an activating group) is 1. The average Bonchev–Trinajstić information content (AvgIpc) is 2.66. The lowest BCUT2D eigenvalue weighted by Gasteiger charge is -2.02. The van der Waals surface area contributed by atoms with Crippen molar-refractivity contribution in [3.05, 3.63) is 0 Å². The van der Waals surface area contributed by atoms with Gasteiger partial charge in [-0.25, -0.2) is 0 Å². The van der Waals surface area contributed by atoms with Gasteiger partial charge in [0.15, 0.2) is 0 Å².